The van der Waals surface area contributed by atoms with Gasteiger partial charge in [0.1, 0.15) is 0 Å². The zero-order chi connectivity index (χ0) is 23.5. The molecule has 0 amide bonds. The molecule has 0 saturated heterocycles. The van der Waals surface area contributed by atoms with Crippen LogP contribution in [0.1, 0.15) is 97.1 Å². The molecule has 1 aromatic carbocycles. The third-order valence-corrected chi connectivity index (χ3v) is 5.27. The van der Waals surface area contributed by atoms with E-state index in [0.29, 0.717) is 24.8 Å². The molecule has 0 spiro atoms. The number of alkyl halides is 3. The number of unbranched alkanes of at least 4 members (excludes halogenated alkanes) is 5. The number of halogens is 3. The highest BCUT2D eigenvalue weighted by molar-refractivity contribution is 5.25. The van der Waals surface area contributed by atoms with Crippen molar-refractivity contribution in [3.8, 4) is 0 Å². The molecular weight excluding hydrogens is 405 g/mol. The van der Waals surface area contributed by atoms with Crippen molar-refractivity contribution in [2.24, 2.45) is 5.92 Å². The van der Waals surface area contributed by atoms with E-state index in [-0.39, 0.29) is 18.1 Å². The molecule has 180 valence electrons. The first-order chi connectivity index (χ1) is 14.5. The first-order valence-corrected chi connectivity index (χ1v) is 11.7. The molecule has 6 heteroatoms. The Bertz CT molecular complexity index is 604. The van der Waals surface area contributed by atoms with Crippen LogP contribution in [0, 0.1) is 5.92 Å². The lowest BCUT2D eigenvalue weighted by atomic mass is 9.90. The second kappa shape index (κ2) is 13.4. The number of hydrogen-bond donors (Lipinski definition) is 1. The average Bonchev–Trinajstić information content (AvgIpc) is 2.64. The largest absolute Gasteiger partial charge is 0.416 e. The Kier molecular flexibility index (Phi) is 12.1. The quantitative estimate of drug-likeness (QED) is 0.224. The van der Waals surface area contributed by atoms with E-state index in [0.717, 1.165) is 25.3 Å². The number of hydrogen-bond acceptors (Lipinski definition) is 3. The Morgan fingerprint density at radius 3 is 2.00 bits per heavy atom. The van der Waals surface area contributed by atoms with Gasteiger partial charge in [-0.05, 0) is 58.6 Å². The third kappa shape index (κ3) is 10.8. The Balaban J connectivity index is 2.92. The Morgan fingerprint density at radius 1 is 0.871 bits per heavy atom. The predicted octanol–water partition coefficient (Wildman–Crippen LogP) is 7.50. The topological polar surface area (TPSA) is 38.7 Å². The first-order valence-electron chi connectivity index (χ1n) is 11.7. The van der Waals surface area contributed by atoms with E-state index in [9.17, 15) is 18.3 Å². The molecule has 1 unspecified atom stereocenters. The number of benzene rings is 1. The molecule has 0 radical (unpaired) electrons. The molecular formula is C25H41F3O3. The van der Waals surface area contributed by atoms with Gasteiger partial charge in [-0.15, -0.1) is 0 Å². The zero-order valence-electron chi connectivity index (χ0n) is 19.8. The Hall–Kier alpha value is -1.11. The van der Waals surface area contributed by atoms with Crippen LogP contribution in [0.5, 0.6) is 0 Å². The van der Waals surface area contributed by atoms with E-state index in [1.165, 1.54) is 31.4 Å². The van der Waals surface area contributed by atoms with E-state index >= 15 is 0 Å². The van der Waals surface area contributed by atoms with Crippen LogP contribution in [0.3, 0.4) is 0 Å². The van der Waals surface area contributed by atoms with E-state index < -0.39 is 17.7 Å². The minimum atomic E-state index is -4.36. The molecule has 31 heavy (non-hydrogen) atoms. The molecule has 0 heterocycles. The van der Waals surface area contributed by atoms with Crippen LogP contribution in [-0.4, -0.2) is 23.3 Å². The summed E-state index contributed by atoms with van der Waals surface area (Å²) in [6, 6.07) is 5.40. The monoisotopic (exact) mass is 446 g/mol. The second-order valence-electron chi connectivity index (χ2n) is 8.95. The maximum atomic E-state index is 13.1. The van der Waals surface area contributed by atoms with Gasteiger partial charge in [0.15, 0.2) is 0 Å². The van der Waals surface area contributed by atoms with Crippen LogP contribution < -0.4 is 0 Å². The van der Waals surface area contributed by atoms with E-state index in [1.54, 1.807) is 6.07 Å². The zero-order valence-corrected chi connectivity index (χ0v) is 19.8. The van der Waals surface area contributed by atoms with Crippen molar-refractivity contribution in [2.75, 3.05) is 0 Å². The van der Waals surface area contributed by atoms with Gasteiger partial charge in [0, 0.05) is 5.92 Å². The van der Waals surface area contributed by atoms with E-state index in [4.69, 9.17) is 9.47 Å². The summed E-state index contributed by atoms with van der Waals surface area (Å²) in [5, 5.41) is 11.3. The molecule has 0 aliphatic carbocycles. The van der Waals surface area contributed by atoms with Gasteiger partial charge in [0.25, 0.3) is 5.97 Å². The lowest BCUT2D eigenvalue weighted by Crippen LogP contribution is -2.47. The van der Waals surface area contributed by atoms with Gasteiger partial charge in [-0.2, -0.15) is 13.2 Å². The summed E-state index contributed by atoms with van der Waals surface area (Å²) in [5.41, 5.74) is -0.0520. The van der Waals surface area contributed by atoms with Crippen molar-refractivity contribution >= 4 is 0 Å². The standard InChI is InChI=1S/C25H41F3O3/c1-6-7-8-9-10-11-14-22(25(29,30-19(2)3)31-20(4)5)17-16-21-13-12-15-23(18-21)24(26,27)28/h12-13,15,18-20,22,29H,6-11,14,16-17H2,1-5H3. The van der Waals surface area contributed by atoms with Gasteiger partial charge in [-0.25, -0.2) is 0 Å². The fraction of sp³-hybridized carbons (Fsp3) is 0.760. The van der Waals surface area contributed by atoms with Crippen molar-refractivity contribution in [3.05, 3.63) is 35.4 Å². The lowest BCUT2D eigenvalue weighted by molar-refractivity contribution is -0.407. The fourth-order valence-corrected chi connectivity index (χ4v) is 3.82. The van der Waals surface area contributed by atoms with E-state index in [1.807, 2.05) is 27.7 Å². The summed E-state index contributed by atoms with van der Waals surface area (Å²) in [7, 11) is 0. The Labute approximate surface area is 186 Å². The van der Waals surface area contributed by atoms with Gasteiger partial charge >= 0.3 is 6.18 Å². The average molecular weight is 447 g/mol. The molecule has 1 atom stereocenters. The fourth-order valence-electron chi connectivity index (χ4n) is 3.82. The maximum Gasteiger partial charge on any atom is 0.416 e. The first kappa shape index (κ1) is 27.9. The van der Waals surface area contributed by atoms with Crippen LogP contribution in [0.4, 0.5) is 13.2 Å². The molecule has 3 nitrogen and oxygen atoms in total. The summed E-state index contributed by atoms with van der Waals surface area (Å²) in [5.74, 6) is -2.09. The number of rotatable bonds is 15. The number of aryl methyl sites for hydroxylation is 1. The highest BCUT2D eigenvalue weighted by atomic mass is 19.4. The minimum Gasteiger partial charge on any atom is -0.343 e. The van der Waals surface area contributed by atoms with Crippen LogP contribution in [0.25, 0.3) is 0 Å². The summed E-state index contributed by atoms with van der Waals surface area (Å²) in [6.45, 7) is 9.52. The van der Waals surface area contributed by atoms with Crippen molar-refractivity contribution in [1.82, 2.24) is 0 Å². The summed E-state index contributed by atoms with van der Waals surface area (Å²) < 4.78 is 50.8. The van der Waals surface area contributed by atoms with Crippen molar-refractivity contribution < 1.29 is 27.8 Å². The second-order valence-corrected chi connectivity index (χ2v) is 8.95. The molecule has 0 aromatic heterocycles. The number of aliphatic hydroxyl groups is 1. The molecule has 1 rings (SSSR count). The van der Waals surface area contributed by atoms with Crippen LogP contribution in [-0.2, 0) is 22.1 Å². The molecule has 0 bridgehead atoms. The van der Waals surface area contributed by atoms with Gasteiger partial charge in [-0.1, -0.05) is 63.6 Å². The van der Waals surface area contributed by atoms with Gasteiger partial charge < -0.3 is 14.6 Å². The molecule has 0 saturated carbocycles. The summed E-state index contributed by atoms with van der Waals surface area (Å²) >= 11 is 0. The van der Waals surface area contributed by atoms with Crippen molar-refractivity contribution in [1.29, 1.82) is 0 Å². The third-order valence-electron chi connectivity index (χ3n) is 5.27. The molecule has 1 aromatic rings. The molecule has 0 aliphatic rings. The van der Waals surface area contributed by atoms with E-state index in [2.05, 4.69) is 6.92 Å². The SMILES string of the molecule is CCCCCCCCC(CCc1cccc(C(F)(F)F)c1)C(O)(OC(C)C)OC(C)C. The molecule has 0 aliphatic heterocycles. The lowest BCUT2D eigenvalue weighted by Gasteiger charge is -2.38. The summed E-state index contributed by atoms with van der Waals surface area (Å²) in [4.78, 5) is 0. The normalized spacial score (nSPS) is 13.9. The van der Waals surface area contributed by atoms with Crippen LogP contribution in [0.15, 0.2) is 24.3 Å². The van der Waals surface area contributed by atoms with Crippen molar-refractivity contribution in [2.45, 2.75) is 117 Å². The van der Waals surface area contributed by atoms with Gasteiger partial charge in [0.2, 0.25) is 0 Å². The predicted molar refractivity (Wildman–Crippen MR) is 119 cm³/mol. The number of ether oxygens (including phenoxy) is 2. The summed E-state index contributed by atoms with van der Waals surface area (Å²) in [6.07, 6.45) is 3.44. The minimum absolute atomic E-state index is 0.246. The molecule has 1 N–H and O–H groups in total. The highest BCUT2D eigenvalue weighted by Crippen LogP contribution is 2.34. The smallest absolute Gasteiger partial charge is 0.343 e. The highest BCUT2D eigenvalue weighted by Gasteiger charge is 2.40. The van der Waals surface area contributed by atoms with Gasteiger partial charge in [-0.3, -0.25) is 0 Å². The Morgan fingerprint density at radius 2 is 1.45 bits per heavy atom. The van der Waals surface area contributed by atoms with Gasteiger partial charge in [0.05, 0.1) is 17.8 Å². The van der Waals surface area contributed by atoms with Crippen LogP contribution in [0.2, 0.25) is 0 Å². The van der Waals surface area contributed by atoms with Crippen LogP contribution >= 0.6 is 0 Å². The molecule has 0 fully saturated rings. The van der Waals surface area contributed by atoms with Crippen molar-refractivity contribution in [3.63, 3.8) is 0 Å². The maximum absolute atomic E-state index is 13.1.